The molecule has 7 nitrogen and oxygen atoms in total. The first-order valence-corrected chi connectivity index (χ1v) is 14.2. The molecule has 3 heterocycles. The van der Waals surface area contributed by atoms with Gasteiger partial charge in [0.15, 0.2) is 0 Å². The highest BCUT2D eigenvalue weighted by molar-refractivity contribution is 7.09. The van der Waals surface area contributed by atoms with Crippen LogP contribution in [0.3, 0.4) is 0 Å². The van der Waals surface area contributed by atoms with Crippen molar-refractivity contribution in [2.75, 3.05) is 0 Å². The number of aryl methyl sites for hydroxylation is 1. The zero-order valence-corrected chi connectivity index (χ0v) is 23.5. The number of aromatic nitrogens is 1. The molecule has 0 bridgehead atoms. The van der Waals surface area contributed by atoms with Crippen molar-refractivity contribution >= 4 is 29.1 Å². The standard InChI is InChI=1S/C29H42N2O5S/c1-7-8-11-22-26(34)18(2)10-9-14-29(6)24(36-29)15-20(12-13-21-17-37-19(3)30-21)31-25(33)16-23(32)28(4,5)27(22)35/h1,12-13,17-18,20,22-24,26,32,34H,8-11,14-16H2,2-6H3,(H,31,33). The fourth-order valence-corrected chi connectivity index (χ4v) is 5.85. The summed E-state index contributed by atoms with van der Waals surface area (Å²) >= 11 is 1.56. The Labute approximate surface area is 225 Å². The van der Waals surface area contributed by atoms with Crippen molar-refractivity contribution in [2.24, 2.45) is 17.3 Å². The van der Waals surface area contributed by atoms with Crippen molar-refractivity contribution in [1.82, 2.24) is 10.3 Å². The number of aliphatic hydroxyl groups excluding tert-OH is 2. The van der Waals surface area contributed by atoms with Gasteiger partial charge in [-0.3, -0.25) is 9.59 Å². The molecule has 7 atom stereocenters. The number of rotatable bonds is 4. The number of thiazole rings is 1. The van der Waals surface area contributed by atoms with Gasteiger partial charge in [-0.15, -0.1) is 23.7 Å². The van der Waals surface area contributed by atoms with Gasteiger partial charge in [-0.1, -0.05) is 33.3 Å². The van der Waals surface area contributed by atoms with Crippen LogP contribution in [0.2, 0.25) is 0 Å². The summed E-state index contributed by atoms with van der Waals surface area (Å²) in [5, 5.41) is 28.1. The minimum absolute atomic E-state index is 0.000857. The largest absolute Gasteiger partial charge is 0.392 e. The van der Waals surface area contributed by atoms with Crippen LogP contribution in [0.15, 0.2) is 11.5 Å². The summed E-state index contributed by atoms with van der Waals surface area (Å²) < 4.78 is 6.07. The summed E-state index contributed by atoms with van der Waals surface area (Å²) in [6.45, 7) is 9.26. The van der Waals surface area contributed by atoms with Crippen LogP contribution in [-0.2, 0) is 14.3 Å². The molecule has 8 heteroatoms. The zero-order chi connectivity index (χ0) is 27.4. The van der Waals surface area contributed by atoms with E-state index in [1.165, 1.54) is 0 Å². The predicted molar refractivity (Wildman–Crippen MR) is 146 cm³/mol. The number of carbonyl (C=O) groups is 2. The molecule has 37 heavy (non-hydrogen) atoms. The number of epoxide rings is 1. The topological polar surface area (TPSA) is 112 Å². The van der Waals surface area contributed by atoms with Crippen LogP contribution in [0, 0.1) is 36.5 Å². The van der Waals surface area contributed by atoms with Gasteiger partial charge >= 0.3 is 0 Å². The molecule has 3 N–H and O–H groups in total. The van der Waals surface area contributed by atoms with Gasteiger partial charge in [0.2, 0.25) is 5.91 Å². The van der Waals surface area contributed by atoms with Crippen LogP contribution in [-0.4, -0.2) is 56.8 Å². The Balaban J connectivity index is 1.84. The average molecular weight is 531 g/mol. The number of nitrogens with zero attached hydrogens (tertiary/aromatic N) is 1. The number of nitrogens with one attached hydrogen (secondary N) is 1. The predicted octanol–water partition coefficient (Wildman–Crippen LogP) is 4.05. The van der Waals surface area contributed by atoms with Crippen molar-refractivity contribution in [2.45, 2.75) is 110 Å². The van der Waals surface area contributed by atoms with Gasteiger partial charge < -0.3 is 20.3 Å². The molecule has 0 aliphatic carbocycles. The first kappa shape index (κ1) is 29.5. The van der Waals surface area contributed by atoms with E-state index in [-0.39, 0.29) is 41.8 Å². The molecular weight excluding hydrogens is 488 g/mol. The van der Waals surface area contributed by atoms with Crippen molar-refractivity contribution in [3.05, 3.63) is 22.2 Å². The Morgan fingerprint density at radius 2 is 2.05 bits per heavy atom. The fourth-order valence-electron chi connectivity index (χ4n) is 5.27. The molecule has 7 unspecified atom stereocenters. The number of terminal acetylenes is 1. The Hall–Kier alpha value is -2.05. The molecular formula is C29H42N2O5S. The number of amides is 1. The molecule has 2 saturated heterocycles. The maximum Gasteiger partial charge on any atom is 0.223 e. The SMILES string of the molecule is C#CCCC1C(=O)C(C)(C)C(O)CC(=O)NC(C=Cc2csc(C)n2)CC2OC2(C)CCCC(C)C1O. The van der Waals surface area contributed by atoms with E-state index in [9.17, 15) is 19.8 Å². The van der Waals surface area contributed by atoms with Crippen molar-refractivity contribution in [3.8, 4) is 12.3 Å². The first-order valence-electron chi connectivity index (χ1n) is 13.3. The second-order valence-electron chi connectivity index (χ2n) is 11.5. The summed E-state index contributed by atoms with van der Waals surface area (Å²) in [6.07, 6.45) is 10.7. The summed E-state index contributed by atoms with van der Waals surface area (Å²) in [6, 6.07) is -0.302. The van der Waals surface area contributed by atoms with E-state index in [4.69, 9.17) is 11.2 Å². The number of carbonyl (C=O) groups excluding carboxylic acids is 2. The lowest BCUT2D eigenvalue weighted by atomic mass is 9.71. The van der Waals surface area contributed by atoms with Crippen molar-refractivity contribution in [1.29, 1.82) is 0 Å². The molecule has 0 aromatic carbocycles. The molecule has 1 amide bonds. The molecule has 2 fully saturated rings. The van der Waals surface area contributed by atoms with E-state index >= 15 is 0 Å². The number of Topliss-reactive ketones (excluding diaryl/α,β-unsaturated/α-hetero) is 1. The second kappa shape index (κ2) is 12.2. The maximum atomic E-state index is 13.6. The quantitative estimate of drug-likeness (QED) is 0.400. The van der Waals surface area contributed by atoms with Crippen LogP contribution < -0.4 is 5.32 Å². The van der Waals surface area contributed by atoms with E-state index in [1.54, 1.807) is 25.2 Å². The Bertz CT molecular complexity index is 1030. The molecule has 1 aromatic rings. The number of aliphatic hydroxyl groups is 2. The second-order valence-corrected chi connectivity index (χ2v) is 12.6. The molecule has 0 saturated carbocycles. The van der Waals surface area contributed by atoms with E-state index in [1.807, 2.05) is 31.4 Å². The zero-order valence-electron chi connectivity index (χ0n) is 22.7. The molecule has 0 spiro atoms. The number of hydrogen-bond donors (Lipinski definition) is 3. The van der Waals surface area contributed by atoms with E-state index in [2.05, 4.69) is 23.1 Å². The minimum Gasteiger partial charge on any atom is -0.392 e. The van der Waals surface area contributed by atoms with Gasteiger partial charge in [0, 0.05) is 24.1 Å². The third kappa shape index (κ3) is 7.51. The number of hydrogen-bond acceptors (Lipinski definition) is 7. The van der Waals surface area contributed by atoms with Crippen molar-refractivity contribution < 1.29 is 24.5 Å². The summed E-state index contributed by atoms with van der Waals surface area (Å²) in [5.74, 6) is 1.14. The van der Waals surface area contributed by atoms with Crippen LogP contribution in [0.5, 0.6) is 0 Å². The van der Waals surface area contributed by atoms with Gasteiger partial charge in [-0.25, -0.2) is 4.98 Å². The van der Waals surface area contributed by atoms with Crippen LogP contribution in [0.4, 0.5) is 0 Å². The lowest BCUT2D eigenvalue weighted by molar-refractivity contribution is -0.144. The van der Waals surface area contributed by atoms with Crippen LogP contribution in [0.25, 0.3) is 6.08 Å². The van der Waals surface area contributed by atoms with Crippen molar-refractivity contribution in [3.63, 3.8) is 0 Å². The molecule has 1 aromatic heterocycles. The highest BCUT2D eigenvalue weighted by Gasteiger charge is 2.52. The highest BCUT2D eigenvalue weighted by atomic mass is 32.1. The first-order chi connectivity index (χ1) is 17.4. The Kier molecular flexibility index (Phi) is 9.73. The van der Waals surface area contributed by atoms with Gasteiger partial charge in [-0.05, 0) is 45.1 Å². The van der Waals surface area contributed by atoms with E-state index in [0.717, 1.165) is 30.0 Å². The Morgan fingerprint density at radius 3 is 2.70 bits per heavy atom. The van der Waals surface area contributed by atoms with E-state index in [0.29, 0.717) is 19.3 Å². The van der Waals surface area contributed by atoms with Crippen LogP contribution in [0.1, 0.15) is 83.3 Å². The van der Waals surface area contributed by atoms with Gasteiger partial charge in [0.1, 0.15) is 5.78 Å². The summed E-state index contributed by atoms with van der Waals surface area (Å²) in [7, 11) is 0. The molecule has 3 rings (SSSR count). The van der Waals surface area contributed by atoms with Crippen LogP contribution >= 0.6 is 11.3 Å². The monoisotopic (exact) mass is 530 g/mol. The third-order valence-corrected chi connectivity index (χ3v) is 8.89. The average Bonchev–Trinajstić information content (AvgIpc) is 3.26. The van der Waals surface area contributed by atoms with Gasteiger partial charge in [-0.2, -0.15) is 0 Å². The smallest absolute Gasteiger partial charge is 0.223 e. The number of fused-ring (bicyclic) bond motifs is 1. The molecule has 204 valence electrons. The summed E-state index contributed by atoms with van der Waals surface area (Å²) in [4.78, 5) is 31.1. The lowest BCUT2D eigenvalue weighted by Crippen LogP contribution is -2.48. The maximum absolute atomic E-state index is 13.6. The molecule has 0 radical (unpaired) electrons. The Morgan fingerprint density at radius 1 is 1.32 bits per heavy atom. The molecule has 2 aliphatic rings. The normalized spacial score (nSPS) is 35.5. The summed E-state index contributed by atoms with van der Waals surface area (Å²) in [5.41, 5.74) is -0.674. The van der Waals surface area contributed by atoms with E-state index < -0.39 is 23.5 Å². The highest BCUT2D eigenvalue weighted by Crippen LogP contribution is 2.44. The van der Waals surface area contributed by atoms with Gasteiger partial charge in [0.25, 0.3) is 0 Å². The number of ketones is 1. The molecule has 2 aliphatic heterocycles. The lowest BCUT2D eigenvalue weighted by Gasteiger charge is -2.36. The minimum atomic E-state index is -1.23. The fraction of sp³-hybridized carbons (Fsp3) is 0.690. The number of ether oxygens (including phenoxy) is 1. The third-order valence-electron chi connectivity index (χ3n) is 8.10. The van der Waals surface area contributed by atoms with Gasteiger partial charge in [0.05, 0.1) is 52.5 Å².